The van der Waals surface area contributed by atoms with Gasteiger partial charge < -0.3 is 44.7 Å². The summed E-state index contributed by atoms with van der Waals surface area (Å²) in [6.45, 7) is 19.9. The van der Waals surface area contributed by atoms with Crippen LogP contribution in [-0.4, -0.2) is 155 Å². The first-order valence-electron chi connectivity index (χ1n) is 25.6. The lowest BCUT2D eigenvalue weighted by Gasteiger charge is -2.28. The van der Waals surface area contributed by atoms with Gasteiger partial charge in [0.2, 0.25) is 23.0 Å². The maximum absolute atomic E-state index is 12.9. The van der Waals surface area contributed by atoms with Crippen molar-refractivity contribution in [3.8, 4) is 23.7 Å². The third-order valence-corrected chi connectivity index (χ3v) is 12.0. The van der Waals surface area contributed by atoms with Gasteiger partial charge in [-0.3, -0.25) is 24.4 Å². The molecule has 2 atom stereocenters. The first-order valence-corrected chi connectivity index (χ1v) is 26.0. The summed E-state index contributed by atoms with van der Waals surface area (Å²) >= 11 is 6.02. The first-order chi connectivity index (χ1) is 37.1. The number of carbonyl (C=O) groups excluding carboxylic acids is 4. The summed E-state index contributed by atoms with van der Waals surface area (Å²) in [4.78, 5) is 78.8. The predicted octanol–water partition coefficient (Wildman–Crippen LogP) is 7.52. The quantitative estimate of drug-likeness (QED) is 0.0813. The minimum absolute atomic E-state index is 0.159. The second kappa shape index (κ2) is 27.8. The lowest BCUT2D eigenvalue weighted by atomic mass is 10.1. The van der Waals surface area contributed by atoms with Crippen LogP contribution in [0.25, 0.3) is 0 Å². The lowest BCUT2D eigenvalue weighted by molar-refractivity contribution is -0.120. The highest BCUT2D eigenvalue weighted by Crippen LogP contribution is 2.23. The fraction of sp³-hybridized carbons (Fsp3) is 0.421. The molecule has 0 aliphatic carbocycles. The predicted molar refractivity (Wildman–Crippen MR) is 301 cm³/mol. The molecule has 0 bridgehead atoms. The van der Waals surface area contributed by atoms with Crippen LogP contribution in [0.5, 0.6) is 0 Å². The van der Waals surface area contributed by atoms with E-state index in [1.165, 1.54) is 29.5 Å². The molecule has 2 fully saturated rings. The van der Waals surface area contributed by atoms with E-state index in [4.69, 9.17) is 35.5 Å². The molecule has 5 aromatic rings. The Morgan fingerprint density at radius 3 is 1.58 bits per heavy atom. The highest BCUT2D eigenvalue weighted by atomic mass is 35.5. The van der Waals surface area contributed by atoms with Crippen molar-refractivity contribution in [1.82, 2.24) is 34.7 Å². The molecule has 2 aliphatic rings. The number of morpholine rings is 2. The van der Waals surface area contributed by atoms with Crippen molar-refractivity contribution in [3.63, 3.8) is 0 Å². The van der Waals surface area contributed by atoms with Crippen molar-refractivity contribution < 1.29 is 38.1 Å². The molecule has 0 unspecified atom stereocenters. The molecule has 78 heavy (non-hydrogen) atoms. The SMILES string of the molecule is C[C@@H](C(=O)Nc1cccc(C#Cc2cnc(Cl)nc2N2CCOCC2)c1)N(C)C(=O)OC(C)(C)C.C[C@@H](C(=O)Nc1cccc(C#Cc2cnc(NCCc3ccncc3)nc2N2CCOCC2)c1)N(C)C(=O)OC(C)(C)C. The Labute approximate surface area is 462 Å². The normalized spacial score (nSPS) is 14.0. The molecular formula is C57H69ClN12O8. The minimum Gasteiger partial charge on any atom is -0.444 e. The topological polar surface area (TPSA) is 219 Å². The van der Waals surface area contributed by atoms with Crippen LogP contribution in [0.1, 0.15) is 83.2 Å². The Kier molecular flexibility index (Phi) is 21.1. The van der Waals surface area contributed by atoms with E-state index < -0.39 is 35.5 Å². The van der Waals surface area contributed by atoms with Gasteiger partial charge in [0, 0.05) is 87.9 Å². The molecular weight excluding hydrogens is 1020 g/mol. The summed E-state index contributed by atoms with van der Waals surface area (Å²) in [7, 11) is 3.07. The monoisotopic (exact) mass is 1080 g/mol. The van der Waals surface area contributed by atoms with E-state index in [-0.39, 0.29) is 17.1 Å². The zero-order valence-electron chi connectivity index (χ0n) is 46.0. The van der Waals surface area contributed by atoms with Crippen LogP contribution in [-0.2, 0) is 35.0 Å². The Hall–Kier alpha value is -8.04. The molecule has 2 aliphatic heterocycles. The molecule has 412 valence electrons. The molecule has 3 N–H and O–H groups in total. The molecule has 2 aromatic carbocycles. The summed E-state index contributed by atoms with van der Waals surface area (Å²) in [5, 5.41) is 9.17. The summed E-state index contributed by atoms with van der Waals surface area (Å²) in [6.07, 6.45) is 6.59. The summed E-state index contributed by atoms with van der Waals surface area (Å²) in [5.74, 6) is 13.9. The summed E-state index contributed by atoms with van der Waals surface area (Å²) in [5.41, 5.74) is 3.76. The van der Waals surface area contributed by atoms with Crippen molar-refractivity contribution >= 4 is 64.6 Å². The highest BCUT2D eigenvalue weighted by molar-refractivity contribution is 6.28. The fourth-order valence-electron chi connectivity index (χ4n) is 7.34. The molecule has 0 spiro atoms. The van der Waals surface area contributed by atoms with Crippen molar-refractivity contribution in [2.45, 2.75) is 85.1 Å². The van der Waals surface area contributed by atoms with Gasteiger partial charge in [0.15, 0.2) is 0 Å². The van der Waals surface area contributed by atoms with E-state index in [1.807, 2.05) is 30.3 Å². The maximum Gasteiger partial charge on any atom is 0.410 e. The van der Waals surface area contributed by atoms with Crippen molar-refractivity contribution in [2.24, 2.45) is 0 Å². The van der Waals surface area contributed by atoms with Crippen molar-refractivity contribution in [2.75, 3.05) is 99.0 Å². The summed E-state index contributed by atoms with van der Waals surface area (Å²) in [6, 6.07) is 16.9. The number of nitrogens with zero attached hydrogens (tertiary/aromatic N) is 9. The number of anilines is 5. The number of aromatic nitrogens is 5. The van der Waals surface area contributed by atoms with Crippen LogP contribution in [0.15, 0.2) is 85.5 Å². The molecule has 2 saturated heterocycles. The van der Waals surface area contributed by atoms with Crippen LogP contribution in [0, 0.1) is 23.7 Å². The largest absolute Gasteiger partial charge is 0.444 e. The number of halogens is 1. The van der Waals surface area contributed by atoms with Crippen molar-refractivity contribution in [1.29, 1.82) is 0 Å². The van der Waals surface area contributed by atoms with Crippen LogP contribution in [0.3, 0.4) is 0 Å². The standard InChI is InChI=1S/C32H39N7O4.C25H30ClN5O4/c1-23(38(5)31(41)43-32(2,3)4)29(40)36-27-8-6-7-25(21-27)9-10-26-22-35-30(34-16-13-24-11-14-33-15-12-24)37-28(26)39-17-19-42-20-18-39;1-17(30(5)24(33)35-25(2,3)4)22(32)28-20-8-6-7-18(15-20)9-10-19-16-27-23(26)29-21(19)31-11-13-34-14-12-31/h6-8,11-12,14-15,21-23H,13,16-20H2,1-5H3,(H,36,40)(H,34,35,37);6-8,15-17H,11-14H2,1-5H3,(H,28,32)/t23-;17-/m00/s1. The third kappa shape index (κ3) is 18.6. The second-order valence-electron chi connectivity index (χ2n) is 20.2. The fourth-order valence-corrected chi connectivity index (χ4v) is 7.47. The number of rotatable bonds is 12. The number of carbonyl (C=O) groups is 4. The number of amides is 4. The average molecular weight is 1090 g/mol. The zero-order chi connectivity index (χ0) is 56.4. The lowest BCUT2D eigenvalue weighted by Crippen LogP contribution is -2.45. The molecule has 5 heterocycles. The van der Waals surface area contributed by atoms with Gasteiger partial charge in [-0.1, -0.05) is 35.8 Å². The number of hydrogen-bond donors (Lipinski definition) is 3. The molecule has 4 amide bonds. The Morgan fingerprint density at radius 1 is 0.667 bits per heavy atom. The number of likely N-dealkylation sites (N-methyl/N-ethyl adjacent to an activating group) is 2. The van der Waals surface area contributed by atoms with Gasteiger partial charge in [-0.25, -0.2) is 19.6 Å². The van der Waals surface area contributed by atoms with Crippen LogP contribution < -0.4 is 25.8 Å². The van der Waals surface area contributed by atoms with Gasteiger partial charge in [0.1, 0.15) is 34.9 Å². The van der Waals surface area contributed by atoms with E-state index in [0.717, 1.165) is 12.2 Å². The maximum atomic E-state index is 12.9. The highest BCUT2D eigenvalue weighted by Gasteiger charge is 2.29. The molecule has 0 saturated carbocycles. The van der Waals surface area contributed by atoms with Gasteiger partial charge in [-0.2, -0.15) is 9.97 Å². The van der Waals surface area contributed by atoms with Gasteiger partial charge >= 0.3 is 12.2 Å². The van der Waals surface area contributed by atoms with Crippen LogP contribution >= 0.6 is 11.6 Å². The first kappa shape index (κ1) is 59.2. The van der Waals surface area contributed by atoms with E-state index in [0.29, 0.717) is 105 Å². The molecule has 7 rings (SSSR count). The van der Waals surface area contributed by atoms with Crippen LogP contribution in [0.2, 0.25) is 5.28 Å². The Balaban J connectivity index is 0.000000258. The second-order valence-corrected chi connectivity index (χ2v) is 20.6. The van der Waals surface area contributed by atoms with Gasteiger partial charge in [-0.05, 0) is 128 Å². The smallest absolute Gasteiger partial charge is 0.410 e. The number of benzene rings is 2. The minimum atomic E-state index is -0.741. The van der Waals surface area contributed by atoms with Gasteiger partial charge in [-0.15, -0.1) is 0 Å². The number of hydrogen-bond acceptors (Lipinski definition) is 16. The third-order valence-electron chi connectivity index (χ3n) is 11.8. The Bertz CT molecular complexity index is 2990. The average Bonchev–Trinajstić information content (AvgIpc) is 3.42. The van der Waals surface area contributed by atoms with E-state index >= 15 is 0 Å². The molecule has 21 heteroatoms. The van der Waals surface area contributed by atoms with Gasteiger partial charge in [0.25, 0.3) is 0 Å². The number of ether oxygens (including phenoxy) is 4. The Morgan fingerprint density at radius 2 is 1.12 bits per heavy atom. The van der Waals surface area contributed by atoms with E-state index in [9.17, 15) is 19.2 Å². The zero-order valence-corrected chi connectivity index (χ0v) is 46.7. The molecule has 20 nitrogen and oxygen atoms in total. The van der Waals surface area contributed by atoms with Crippen molar-refractivity contribution in [3.05, 3.63) is 119 Å². The number of nitrogens with one attached hydrogen (secondary N) is 3. The van der Waals surface area contributed by atoms with E-state index in [2.05, 4.69) is 69.4 Å². The van der Waals surface area contributed by atoms with Crippen LogP contribution in [0.4, 0.5) is 38.5 Å². The molecule has 3 aromatic heterocycles. The number of pyridine rings is 1. The molecule has 0 radical (unpaired) electrons. The summed E-state index contributed by atoms with van der Waals surface area (Å²) < 4.78 is 21.7. The van der Waals surface area contributed by atoms with E-state index in [1.54, 1.807) is 111 Å². The van der Waals surface area contributed by atoms with Gasteiger partial charge in [0.05, 0.1) is 43.8 Å².